The maximum absolute atomic E-state index is 4.31. The molecular weight excluding hydrogens is 176 g/mol. The van der Waals surface area contributed by atoms with Crippen LogP contribution in [-0.2, 0) is 6.54 Å². The average Bonchev–Trinajstić information content (AvgIpc) is 2.45. The summed E-state index contributed by atoms with van der Waals surface area (Å²) in [6.45, 7) is 9.21. The van der Waals surface area contributed by atoms with E-state index in [2.05, 4.69) is 22.3 Å². The molecule has 0 saturated carbocycles. The fourth-order valence-electron chi connectivity index (χ4n) is 1.46. The second-order valence-electron chi connectivity index (χ2n) is 3.49. The van der Waals surface area contributed by atoms with Gasteiger partial charge in [0.15, 0.2) is 0 Å². The van der Waals surface area contributed by atoms with Crippen LogP contribution in [0.3, 0.4) is 0 Å². The zero-order valence-corrected chi connectivity index (χ0v) is 9.38. The summed E-state index contributed by atoms with van der Waals surface area (Å²) in [5.74, 6) is 1.89. The van der Waals surface area contributed by atoms with Gasteiger partial charge in [0.1, 0.15) is 11.6 Å². The SMILES string of the molecule is CCNCCCCn1nc(C)nc1C. The van der Waals surface area contributed by atoms with Crippen LogP contribution in [0.5, 0.6) is 0 Å². The highest BCUT2D eigenvalue weighted by molar-refractivity contribution is 4.87. The molecule has 0 unspecified atom stereocenters. The summed E-state index contributed by atoms with van der Waals surface area (Å²) in [6.07, 6.45) is 2.36. The first kappa shape index (κ1) is 11.2. The van der Waals surface area contributed by atoms with Crippen LogP contribution in [-0.4, -0.2) is 27.9 Å². The van der Waals surface area contributed by atoms with Gasteiger partial charge >= 0.3 is 0 Å². The van der Waals surface area contributed by atoms with Crippen molar-refractivity contribution < 1.29 is 0 Å². The molecule has 0 aliphatic carbocycles. The Morgan fingerprint density at radius 3 is 2.64 bits per heavy atom. The highest BCUT2D eigenvalue weighted by atomic mass is 15.3. The monoisotopic (exact) mass is 196 g/mol. The highest BCUT2D eigenvalue weighted by Gasteiger charge is 2.00. The lowest BCUT2D eigenvalue weighted by molar-refractivity contribution is 0.527. The van der Waals surface area contributed by atoms with Gasteiger partial charge < -0.3 is 5.32 Å². The molecule has 0 aliphatic rings. The summed E-state index contributed by atoms with van der Waals surface area (Å²) in [4.78, 5) is 4.26. The Bertz CT molecular complexity index is 267. The van der Waals surface area contributed by atoms with Crippen molar-refractivity contribution in [1.82, 2.24) is 20.1 Å². The normalized spacial score (nSPS) is 10.8. The molecule has 1 aromatic rings. The lowest BCUT2D eigenvalue weighted by atomic mass is 10.3. The first-order valence-electron chi connectivity index (χ1n) is 5.32. The van der Waals surface area contributed by atoms with Crippen molar-refractivity contribution in [2.24, 2.45) is 0 Å². The maximum atomic E-state index is 4.31. The molecule has 14 heavy (non-hydrogen) atoms. The van der Waals surface area contributed by atoms with Gasteiger partial charge in [-0.15, -0.1) is 0 Å². The molecule has 0 spiro atoms. The fourth-order valence-corrected chi connectivity index (χ4v) is 1.46. The first-order valence-corrected chi connectivity index (χ1v) is 5.32. The predicted octanol–water partition coefficient (Wildman–Crippen LogP) is 1.28. The minimum absolute atomic E-state index is 0.870. The number of rotatable bonds is 6. The van der Waals surface area contributed by atoms with E-state index in [4.69, 9.17) is 0 Å². The van der Waals surface area contributed by atoms with Crippen LogP contribution < -0.4 is 5.32 Å². The van der Waals surface area contributed by atoms with Gasteiger partial charge in [-0.05, 0) is 39.8 Å². The topological polar surface area (TPSA) is 42.7 Å². The van der Waals surface area contributed by atoms with Crippen LogP contribution in [0.25, 0.3) is 0 Å². The number of nitrogens with one attached hydrogen (secondary N) is 1. The number of aromatic nitrogens is 3. The molecule has 4 heteroatoms. The van der Waals surface area contributed by atoms with Crippen LogP contribution in [0.2, 0.25) is 0 Å². The molecule has 1 aromatic heterocycles. The van der Waals surface area contributed by atoms with Crippen molar-refractivity contribution in [2.75, 3.05) is 13.1 Å². The summed E-state index contributed by atoms with van der Waals surface area (Å²) < 4.78 is 1.99. The Kier molecular flexibility index (Phi) is 4.59. The molecule has 1 rings (SSSR count). The third-order valence-electron chi connectivity index (χ3n) is 2.19. The highest BCUT2D eigenvalue weighted by Crippen LogP contribution is 1.99. The minimum atomic E-state index is 0.870. The van der Waals surface area contributed by atoms with Crippen LogP contribution in [0, 0.1) is 13.8 Å². The van der Waals surface area contributed by atoms with Gasteiger partial charge in [0.05, 0.1) is 0 Å². The van der Waals surface area contributed by atoms with E-state index in [9.17, 15) is 0 Å². The minimum Gasteiger partial charge on any atom is -0.317 e. The van der Waals surface area contributed by atoms with Crippen LogP contribution in [0.1, 0.15) is 31.4 Å². The fraction of sp³-hybridized carbons (Fsp3) is 0.800. The van der Waals surface area contributed by atoms with Crippen molar-refractivity contribution in [3.05, 3.63) is 11.6 Å². The third-order valence-corrected chi connectivity index (χ3v) is 2.19. The molecule has 80 valence electrons. The molecule has 4 nitrogen and oxygen atoms in total. The second kappa shape index (κ2) is 5.75. The summed E-state index contributed by atoms with van der Waals surface area (Å²) >= 11 is 0. The summed E-state index contributed by atoms with van der Waals surface area (Å²) in [5, 5.41) is 7.62. The molecule has 1 heterocycles. The van der Waals surface area contributed by atoms with Crippen LogP contribution >= 0.6 is 0 Å². The largest absolute Gasteiger partial charge is 0.317 e. The van der Waals surface area contributed by atoms with Crippen molar-refractivity contribution in [3.63, 3.8) is 0 Å². The van der Waals surface area contributed by atoms with Crippen LogP contribution in [0.15, 0.2) is 0 Å². The second-order valence-corrected chi connectivity index (χ2v) is 3.49. The molecule has 0 atom stereocenters. The van der Waals surface area contributed by atoms with E-state index < -0.39 is 0 Å². The van der Waals surface area contributed by atoms with Crippen molar-refractivity contribution in [2.45, 2.75) is 40.2 Å². The van der Waals surface area contributed by atoms with E-state index in [0.717, 1.165) is 37.7 Å². The van der Waals surface area contributed by atoms with Gasteiger partial charge in [-0.25, -0.2) is 4.98 Å². The number of nitrogens with zero attached hydrogens (tertiary/aromatic N) is 3. The van der Waals surface area contributed by atoms with Crippen molar-refractivity contribution in [3.8, 4) is 0 Å². The van der Waals surface area contributed by atoms with Crippen molar-refractivity contribution in [1.29, 1.82) is 0 Å². The number of unbranched alkanes of at least 4 members (excludes halogenated alkanes) is 1. The Labute approximate surface area is 85.7 Å². The maximum Gasteiger partial charge on any atom is 0.147 e. The zero-order valence-electron chi connectivity index (χ0n) is 9.38. The van der Waals surface area contributed by atoms with E-state index in [-0.39, 0.29) is 0 Å². The van der Waals surface area contributed by atoms with Crippen LogP contribution in [0.4, 0.5) is 0 Å². The molecule has 1 N–H and O–H groups in total. The average molecular weight is 196 g/mol. The molecule has 0 amide bonds. The molecule has 0 radical (unpaired) electrons. The summed E-state index contributed by atoms with van der Waals surface area (Å²) in [7, 11) is 0. The van der Waals surface area contributed by atoms with E-state index in [0.29, 0.717) is 0 Å². The molecule has 0 saturated heterocycles. The van der Waals surface area contributed by atoms with Gasteiger partial charge in [0.2, 0.25) is 0 Å². The van der Waals surface area contributed by atoms with Gasteiger partial charge in [-0.2, -0.15) is 5.10 Å². The number of hydrogen-bond acceptors (Lipinski definition) is 3. The summed E-state index contributed by atoms with van der Waals surface area (Å²) in [6, 6.07) is 0. The predicted molar refractivity (Wildman–Crippen MR) is 57.3 cm³/mol. The van der Waals surface area contributed by atoms with Crippen molar-refractivity contribution >= 4 is 0 Å². The summed E-state index contributed by atoms with van der Waals surface area (Å²) in [5.41, 5.74) is 0. The van der Waals surface area contributed by atoms with E-state index in [1.807, 2.05) is 18.5 Å². The Balaban J connectivity index is 2.21. The zero-order chi connectivity index (χ0) is 10.4. The van der Waals surface area contributed by atoms with E-state index in [1.165, 1.54) is 6.42 Å². The Morgan fingerprint density at radius 2 is 2.07 bits per heavy atom. The van der Waals surface area contributed by atoms with Gasteiger partial charge in [-0.1, -0.05) is 6.92 Å². The van der Waals surface area contributed by atoms with Gasteiger partial charge in [0.25, 0.3) is 0 Å². The van der Waals surface area contributed by atoms with E-state index >= 15 is 0 Å². The van der Waals surface area contributed by atoms with Gasteiger partial charge in [0, 0.05) is 6.54 Å². The lowest BCUT2D eigenvalue weighted by Crippen LogP contribution is -2.14. The number of hydrogen-bond donors (Lipinski definition) is 1. The smallest absolute Gasteiger partial charge is 0.147 e. The molecule has 0 bridgehead atoms. The third kappa shape index (κ3) is 3.46. The first-order chi connectivity index (χ1) is 6.74. The number of aryl methyl sites for hydroxylation is 3. The molecular formula is C10H20N4. The van der Waals surface area contributed by atoms with E-state index in [1.54, 1.807) is 0 Å². The molecule has 0 aromatic carbocycles. The lowest BCUT2D eigenvalue weighted by Gasteiger charge is -2.03. The molecule has 0 aliphatic heterocycles. The standard InChI is InChI=1S/C10H20N4/c1-4-11-7-5-6-8-14-10(3)12-9(2)13-14/h11H,4-8H2,1-3H3. The Hall–Kier alpha value is -0.900. The molecule has 0 fully saturated rings. The van der Waals surface area contributed by atoms with Gasteiger partial charge in [-0.3, -0.25) is 4.68 Å². The quantitative estimate of drug-likeness (QED) is 0.697. The Morgan fingerprint density at radius 1 is 1.29 bits per heavy atom.